The van der Waals surface area contributed by atoms with Crippen molar-refractivity contribution in [2.45, 2.75) is 77.5 Å². The maximum Gasteiger partial charge on any atom is 0.328 e. The van der Waals surface area contributed by atoms with Gasteiger partial charge < -0.3 is 37.6 Å². The molecule has 0 heterocycles. The van der Waals surface area contributed by atoms with E-state index in [1.165, 1.54) is 0 Å². The number of rotatable bonds is 15. The summed E-state index contributed by atoms with van der Waals surface area (Å²) in [7, 11) is 0. The number of hydrogen-bond donors (Lipinski definition) is 7. The minimum absolute atomic E-state index is 0.0200. The average molecular weight is 460 g/mol. The Kier molecular flexibility index (Phi) is 13.1. The predicted octanol–water partition coefficient (Wildman–Crippen LogP) is -1.80. The maximum absolute atomic E-state index is 13.0. The number of aliphatic hydroxyl groups is 1. The third-order valence-electron chi connectivity index (χ3n) is 4.97. The second-order valence-electron chi connectivity index (χ2n) is 8.26. The first-order valence-electron chi connectivity index (χ1n) is 10.6. The number of hydrogen-bond acceptors (Lipinski definition) is 7. The van der Waals surface area contributed by atoms with Crippen LogP contribution in [0.1, 0.15) is 53.4 Å². The Morgan fingerprint density at radius 3 is 1.91 bits per heavy atom. The van der Waals surface area contributed by atoms with E-state index in [2.05, 4.69) is 16.0 Å². The van der Waals surface area contributed by atoms with Crippen LogP contribution in [0.25, 0.3) is 0 Å². The molecule has 0 radical (unpaired) electrons. The number of primary amides is 1. The van der Waals surface area contributed by atoms with E-state index in [0.717, 1.165) is 0 Å². The van der Waals surface area contributed by atoms with Crippen LogP contribution in [0.4, 0.5) is 0 Å². The zero-order valence-electron chi connectivity index (χ0n) is 19.1. The van der Waals surface area contributed by atoms with Gasteiger partial charge in [0.2, 0.25) is 23.6 Å². The van der Waals surface area contributed by atoms with Crippen molar-refractivity contribution in [1.82, 2.24) is 16.0 Å². The van der Waals surface area contributed by atoms with Crippen molar-refractivity contribution in [2.24, 2.45) is 23.3 Å². The highest BCUT2D eigenvalue weighted by Gasteiger charge is 2.32. The Hall–Kier alpha value is -2.73. The Morgan fingerprint density at radius 2 is 1.47 bits per heavy atom. The minimum Gasteiger partial charge on any atom is -0.480 e. The van der Waals surface area contributed by atoms with Crippen LogP contribution in [0.5, 0.6) is 0 Å². The fourth-order valence-electron chi connectivity index (χ4n) is 2.81. The van der Waals surface area contributed by atoms with Crippen molar-refractivity contribution in [1.29, 1.82) is 0 Å². The third kappa shape index (κ3) is 10.5. The summed E-state index contributed by atoms with van der Waals surface area (Å²) >= 11 is 0. The molecule has 32 heavy (non-hydrogen) atoms. The van der Waals surface area contributed by atoms with Gasteiger partial charge in [0.05, 0.1) is 12.6 Å². The molecule has 0 aliphatic carbocycles. The van der Waals surface area contributed by atoms with Crippen molar-refractivity contribution in [2.75, 3.05) is 6.61 Å². The highest BCUT2D eigenvalue weighted by molar-refractivity contribution is 5.94. The van der Waals surface area contributed by atoms with Gasteiger partial charge in [-0.25, -0.2) is 4.79 Å². The molecule has 184 valence electrons. The van der Waals surface area contributed by atoms with Crippen molar-refractivity contribution in [3.8, 4) is 0 Å². The number of aliphatic carboxylic acids is 1. The van der Waals surface area contributed by atoms with E-state index in [1.807, 2.05) is 20.8 Å². The van der Waals surface area contributed by atoms with Gasteiger partial charge in [0, 0.05) is 6.42 Å². The Balaban J connectivity index is 5.44. The summed E-state index contributed by atoms with van der Waals surface area (Å²) in [5, 5.41) is 25.5. The van der Waals surface area contributed by atoms with E-state index in [1.54, 1.807) is 6.92 Å². The fourth-order valence-corrected chi connectivity index (χ4v) is 2.81. The van der Waals surface area contributed by atoms with Gasteiger partial charge in [0.1, 0.15) is 18.1 Å². The fraction of sp³-hybridized carbons (Fsp3) is 0.750. The zero-order chi connectivity index (χ0) is 25.0. The van der Waals surface area contributed by atoms with Gasteiger partial charge in [-0.05, 0) is 24.7 Å². The molecule has 0 saturated heterocycles. The molecule has 12 nitrogen and oxygen atoms in total. The quantitative estimate of drug-likeness (QED) is 0.148. The van der Waals surface area contributed by atoms with Crippen LogP contribution >= 0.6 is 0 Å². The number of nitrogens with one attached hydrogen (secondary N) is 3. The lowest BCUT2D eigenvalue weighted by Gasteiger charge is -2.28. The number of carbonyl (C=O) groups excluding carboxylic acids is 4. The Labute approximate surface area is 187 Å². The molecule has 12 heteroatoms. The molecule has 0 aliphatic rings. The topological polar surface area (TPSA) is 214 Å². The van der Waals surface area contributed by atoms with Crippen molar-refractivity contribution in [3.05, 3.63) is 0 Å². The summed E-state index contributed by atoms with van der Waals surface area (Å²) in [4.78, 5) is 60.0. The van der Waals surface area contributed by atoms with Gasteiger partial charge in [0.25, 0.3) is 0 Å². The van der Waals surface area contributed by atoms with Crippen LogP contribution in [-0.4, -0.2) is 70.6 Å². The molecule has 0 aromatic rings. The van der Waals surface area contributed by atoms with Crippen molar-refractivity contribution >= 4 is 29.6 Å². The minimum atomic E-state index is -1.51. The molecule has 0 aromatic carbocycles. The molecule has 0 spiro atoms. The SMILES string of the molecule is CCC(C)C(NC(=O)C(N)CCC(N)=O)C(=O)NC(CC(C)C)C(=O)NC(CO)C(=O)O. The molecule has 5 unspecified atom stereocenters. The first kappa shape index (κ1) is 29.3. The average Bonchev–Trinajstić information content (AvgIpc) is 2.71. The van der Waals surface area contributed by atoms with Crippen molar-refractivity contribution in [3.63, 3.8) is 0 Å². The van der Waals surface area contributed by atoms with Crippen LogP contribution in [0.3, 0.4) is 0 Å². The number of carboxylic acid groups (broad SMARTS) is 1. The molecule has 0 aliphatic heterocycles. The molecule has 0 fully saturated rings. The highest BCUT2D eigenvalue weighted by Crippen LogP contribution is 2.11. The molecule has 4 amide bonds. The van der Waals surface area contributed by atoms with Gasteiger partial charge in [-0.15, -0.1) is 0 Å². The second kappa shape index (κ2) is 14.4. The van der Waals surface area contributed by atoms with E-state index < -0.39 is 60.4 Å². The normalized spacial score (nSPS) is 15.7. The summed E-state index contributed by atoms with van der Waals surface area (Å²) in [6.45, 7) is 6.39. The third-order valence-corrected chi connectivity index (χ3v) is 4.97. The predicted molar refractivity (Wildman–Crippen MR) is 116 cm³/mol. The molecule has 5 atom stereocenters. The van der Waals surface area contributed by atoms with Gasteiger partial charge in [-0.3, -0.25) is 19.2 Å². The first-order valence-corrected chi connectivity index (χ1v) is 10.6. The van der Waals surface area contributed by atoms with Gasteiger partial charge in [-0.2, -0.15) is 0 Å². The van der Waals surface area contributed by atoms with Crippen molar-refractivity contribution < 1.29 is 34.2 Å². The molecule has 0 rings (SSSR count). The number of amides is 4. The second-order valence-corrected chi connectivity index (χ2v) is 8.26. The van der Waals surface area contributed by atoms with Gasteiger partial charge >= 0.3 is 5.97 Å². The van der Waals surface area contributed by atoms with E-state index >= 15 is 0 Å². The van der Waals surface area contributed by atoms with Crippen LogP contribution in [0.2, 0.25) is 0 Å². The summed E-state index contributed by atoms with van der Waals surface area (Å²) in [5.74, 6) is -4.38. The van der Waals surface area contributed by atoms with Crippen LogP contribution in [-0.2, 0) is 24.0 Å². The van der Waals surface area contributed by atoms with Gasteiger partial charge in [0.15, 0.2) is 0 Å². The van der Waals surface area contributed by atoms with Crippen LogP contribution in [0.15, 0.2) is 0 Å². The first-order chi connectivity index (χ1) is 14.8. The lowest BCUT2D eigenvalue weighted by Crippen LogP contribution is -2.59. The largest absolute Gasteiger partial charge is 0.480 e. The summed E-state index contributed by atoms with van der Waals surface area (Å²) in [5.41, 5.74) is 10.8. The summed E-state index contributed by atoms with van der Waals surface area (Å²) in [6.07, 6.45) is 0.670. The zero-order valence-corrected chi connectivity index (χ0v) is 19.1. The highest BCUT2D eigenvalue weighted by atomic mass is 16.4. The summed E-state index contributed by atoms with van der Waals surface area (Å²) < 4.78 is 0. The molecule has 0 saturated carbocycles. The Morgan fingerprint density at radius 1 is 0.906 bits per heavy atom. The Bertz CT molecular complexity index is 671. The molecule has 0 aromatic heterocycles. The van der Waals surface area contributed by atoms with Crippen LogP contribution in [0, 0.1) is 11.8 Å². The lowest BCUT2D eigenvalue weighted by molar-refractivity contribution is -0.143. The number of aliphatic hydroxyl groups excluding tert-OH is 1. The monoisotopic (exact) mass is 459 g/mol. The number of carboxylic acids is 1. The smallest absolute Gasteiger partial charge is 0.328 e. The molecular weight excluding hydrogens is 422 g/mol. The number of carbonyl (C=O) groups is 5. The maximum atomic E-state index is 13.0. The molecule has 0 bridgehead atoms. The number of nitrogens with two attached hydrogens (primary N) is 2. The van der Waals surface area contributed by atoms with E-state index in [0.29, 0.717) is 6.42 Å². The summed E-state index contributed by atoms with van der Waals surface area (Å²) in [6, 6.07) is -4.65. The van der Waals surface area contributed by atoms with E-state index in [9.17, 15) is 24.0 Å². The van der Waals surface area contributed by atoms with Gasteiger partial charge in [-0.1, -0.05) is 34.1 Å². The molecule has 9 N–H and O–H groups in total. The van der Waals surface area contributed by atoms with E-state index in [-0.39, 0.29) is 31.1 Å². The van der Waals surface area contributed by atoms with E-state index in [4.69, 9.17) is 21.7 Å². The van der Waals surface area contributed by atoms with Crippen LogP contribution < -0.4 is 27.4 Å². The lowest BCUT2D eigenvalue weighted by atomic mass is 9.96. The standard InChI is InChI=1S/C20H37N5O7/c1-5-11(4)16(25-17(28)12(21)6-7-15(22)27)19(30)23-13(8-10(2)3)18(29)24-14(9-26)20(31)32/h10-14,16,26H,5-9,21H2,1-4H3,(H2,22,27)(H,23,30)(H,24,29)(H,25,28)(H,31,32). The molecular formula is C20H37N5O7.